The van der Waals surface area contributed by atoms with Crippen molar-refractivity contribution in [1.82, 2.24) is 5.32 Å². The van der Waals surface area contributed by atoms with Crippen LogP contribution in [0.1, 0.15) is 6.42 Å². The van der Waals surface area contributed by atoms with Crippen LogP contribution in [0.15, 0.2) is 11.6 Å². The molecule has 2 fully saturated rings. The molecule has 14 atom stereocenters. The van der Waals surface area contributed by atoms with Crippen LogP contribution in [0.2, 0.25) is 0 Å². The topological polar surface area (TPSA) is 253 Å². The smallest absolute Gasteiger partial charge is 0.187 e. The van der Waals surface area contributed by atoms with Crippen LogP contribution in [-0.2, 0) is 9.47 Å². The van der Waals surface area contributed by atoms with E-state index in [0.717, 1.165) is 0 Å². The van der Waals surface area contributed by atoms with Gasteiger partial charge in [-0.1, -0.05) is 6.08 Å². The van der Waals surface area contributed by atoms with Gasteiger partial charge in [-0.15, -0.1) is 0 Å². The Morgan fingerprint density at radius 3 is 2.06 bits per heavy atom. The summed E-state index contributed by atoms with van der Waals surface area (Å²) in [6.45, 7) is -1.80. The highest BCUT2D eigenvalue weighted by Crippen LogP contribution is 2.33. The zero-order valence-electron chi connectivity index (χ0n) is 18.2. The van der Waals surface area contributed by atoms with E-state index in [0.29, 0.717) is 0 Å². The average molecular weight is 497 g/mol. The third-order valence-corrected chi connectivity index (χ3v) is 6.90. The van der Waals surface area contributed by atoms with Crippen molar-refractivity contribution < 1.29 is 65.6 Å². The SMILES string of the molecule is OCC1=C[C@H](N[C@H]2C[C@H](CO)[C@@H](O[C@@H]3O[C@H](CO)[C@H](O)C(O)[C@H]3O)[C@@H](O)[C@H]2O)[C@H](O)[C@H](O)[C@@H]1O. The molecule has 34 heavy (non-hydrogen) atoms. The number of hydrogen-bond donors (Lipinski definition) is 12. The highest BCUT2D eigenvalue weighted by Gasteiger charge is 2.50. The van der Waals surface area contributed by atoms with Crippen molar-refractivity contribution >= 4 is 0 Å². The summed E-state index contributed by atoms with van der Waals surface area (Å²) in [6, 6.07) is -1.94. The van der Waals surface area contributed by atoms with Gasteiger partial charge in [-0.05, 0) is 12.0 Å². The van der Waals surface area contributed by atoms with Crippen molar-refractivity contribution in [2.75, 3.05) is 19.8 Å². The Morgan fingerprint density at radius 2 is 1.47 bits per heavy atom. The van der Waals surface area contributed by atoms with Gasteiger partial charge in [0, 0.05) is 18.6 Å². The normalized spacial score (nSPS) is 50.1. The minimum absolute atomic E-state index is 0.0129. The summed E-state index contributed by atoms with van der Waals surface area (Å²) in [7, 11) is 0. The molecule has 1 aliphatic heterocycles. The van der Waals surface area contributed by atoms with Gasteiger partial charge in [0.2, 0.25) is 0 Å². The lowest BCUT2D eigenvalue weighted by molar-refractivity contribution is -0.328. The molecular formula is C20H35NO13. The van der Waals surface area contributed by atoms with Crippen LogP contribution in [0.3, 0.4) is 0 Å². The van der Waals surface area contributed by atoms with Gasteiger partial charge >= 0.3 is 0 Å². The number of ether oxygens (including phenoxy) is 2. The largest absolute Gasteiger partial charge is 0.396 e. The maximum Gasteiger partial charge on any atom is 0.187 e. The molecule has 1 saturated carbocycles. The zero-order chi connectivity index (χ0) is 25.3. The van der Waals surface area contributed by atoms with Crippen LogP contribution < -0.4 is 5.32 Å². The molecule has 12 N–H and O–H groups in total. The molecular weight excluding hydrogens is 462 g/mol. The fraction of sp³-hybridized carbons (Fsp3) is 0.900. The van der Waals surface area contributed by atoms with Gasteiger partial charge in [0.05, 0.1) is 31.5 Å². The minimum atomic E-state index is -1.75. The first-order chi connectivity index (χ1) is 16.0. The Balaban J connectivity index is 1.73. The Kier molecular flexibility index (Phi) is 9.38. The van der Waals surface area contributed by atoms with E-state index in [1.807, 2.05) is 0 Å². The molecule has 0 amide bonds. The average Bonchev–Trinajstić information content (AvgIpc) is 2.83. The maximum absolute atomic E-state index is 10.7. The van der Waals surface area contributed by atoms with Gasteiger partial charge in [0.15, 0.2) is 6.29 Å². The van der Waals surface area contributed by atoms with E-state index in [1.54, 1.807) is 0 Å². The number of hydrogen-bond acceptors (Lipinski definition) is 14. The number of nitrogens with one attached hydrogen (secondary N) is 1. The molecule has 3 rings (SSSR count). The summed E-state index contributed by atoms with van der Waals surface area (Å²) in [5.41, 5.74) is 0.0590. The molecule has 0 aromatic heterocycles. The summed E-state index contributed by atoms with van der Waals surface area (Å²) in [5, 5.41) is 113. The van der Waals surface area contributed by atoms with E-state index >= 15 is 0 Å². The van der Waals surface area contributed by atoms with Crippen LogP contribution in [-0.4, -0.2) is 155 Å². The highest BCUT2D eigenvalue weighted by atomic mass is 16.7. The molecule has 0 radical (unpaired) electrons. The standard InChI is InChI=1S/C20H35NO13/c22-3-6-1-8(12(26)15(29)11(6)25)21-9-2-7(4-23)19(17(31)13(9)27)34-20-18(32)16(30)14(28)10(5-24)33-20/h1,7-32H,2-5H2/t7-,8+,9+,10-,11-,12+,13+,14+,15-,16?,17+,18-,19-,20+/m1/s1. The molecule has 0 spiro atoms. The van der Waals surface area contributed by atoms with Gasteiger partial charge in [-0.2, -0.15) is 0 Å². The van der Waals surface area contributed by atoms with E-state index in [1.165, 1.54) is 6.08 Å². The summed E-state index contributed by atoms with van der Waals surface area (Å²) < 4.78 is 10.9. The molecule has 14 heteroatoms. The lowest BCUT2D eigenvalue weighted by Gasteiger charge is -2.47. The molecule has 1 unspecified atom stereocenters. The third-order valence-electron chi connectivity index (χ3n) is 6.90. The predicted molar refractivity (Wildman–Crippen MR) is 110 cm³/mol. The second-order valence-corrected chi connectivity index (χ2v) is 9.08. The monoisotopic (exact) mass is 497 g/mol. The first kappa shape index (κ1) is 27.8. The quantitative estimate of drug-likeness (QED) is 0.146. The van der Waals surface area contributed by atoms with E-state index in [4.69, 9.17) is 9.47 Å². The summed E-state index contributed by atoms with van der Waals surface area (Å²) in [5.74, 6) is -0.833. The van der Waals surface area contributed by atoms with Crippen molar-refractivity contribution in [2.45, 2.75) is 85.8 Å². The summed E-state index contributed by atoms with van der Waals surface area (Å²) in [6.07, 6.45) is -15.7. The summed E-state index contributed by atoms with van der Waals surface area (Å²) >= 11 is 0. The lowest BCUT2D eigenvalue weighted by Crippen LogP contribution is -2.66. The van der Waals surface area contributed by atoms with Crippen molar-refractivity contribution in [3.63, 3.8) is 0 Å². The van der Waals surface area contributed by atoms with E-state index < -0.39 is 105 Å². The second-order valence-electron chi connectivity index (χ2n) is 9.08. The fourth-order valence-corrected chi connectivity index (χ4v) is 4.77. The zero-order valence-corrected chi connectivity index (χ0v) is 18.2. The number of rotatable bonds is 7. The Labute approximate surface area is 194 Å². The molecule has 3 aliphatic rings. The molecule has 0 aromatic carbocycles. The van der Waals surface area contributed by atoms with Crippen molar-refractivity contribution in [2.24, 2.45) is 5.92 Å². The second kappa shape index (κ2) is 11.5. The van der Waals surface area contributed by atoms with Gasteiger partial charge in [0.25, 0.3) is 0 Å². The van der Waals surface area contributed by atoms with E-state index in [-0.39, 0.29) is 12.0 Å². The lowest BCUT2D eigenvalue weighted by atomic mass is 9.78. The van der Waals surface area contributed by atoms with Gasteiger partial charge in [-0.25, -0.2) is 0 Å². The van der Waals surface area contributed by atoms with Gasteiger partial charge in [0.1, 0.15) is 48.8 Å². The minimum Gasteiger partial charge on any atom is -0.396 e. The Hall–Kier alpha value is -0.820. The van der Waals surface area contributed by atoms with Crippen LogP contribution in [0.5, 0.6) is 0 Å². The van der Waals surface area contributed by atoms with Crippen LogP contribution in [0.25, 0.3) is 0 Å². The first-order valence-corrected chi connectivity index (χ1v) is 11.1. The van der Waals surface area contributed by atoms with E-state index in [9.17, 15) is 56.2 Å². The predicted octanol–water partition coefficient (Wildman–Crippen LogP) is -6.75. The van der Waals surface area contributed by atoms with Crippen molar-refractivity contribution in [3.05, 3.63) is 11.6 Å². The van der Waals surface area contributed by atoms with Gasteiger partial charge in [-0.3, -0.25) is 0 Å². The molecule has 1 saturated heterocycles. The summed E-state index contributed by atoms with van der Waals surface area (Å²) in [4.78, 5) is 0. The first-order valence-electron chi connectivity index (χ1n) is 11.1. The van der Waals surface area contributed by atoms with Gasteiger partial charge < -0.3 is 71.0 Å². The molecule has 0 bridgehead atoms. The molecule has 0 aromatic rings. The Morgan fingerprint density at radius 1 is 0.794 bits per heavy atom. The number of aliphatic hydroxyl groups excluding tert-OH is 11. The number of aliphatic hydroxyl groups is 11. The van der Waals surface area contributed by atoms with Crippen molar-refractivity contribution in [1.29, 1.82) is 0 Å². The fourth-order valence-electron chi connectivity index (χ4n) is 4.77. The molecule has 198 valence electrons. The van der Waals surface area contributed by atoms with Crippen LogP contribution in [0, 0.1) is 5.92 Å². The highest BCUT2D eigenvalue weighted by molar-refractivity contribution is 5.22. The molecule has 2 aliphatic carbocycles. The van der Waals surface area contributed by atoms with Crippen LogP contribution in [0.4, 0.5) is 0 Å². The Bertz CT molecular complexity index is 693. The third kappa shape index (κ3) is 5.30. The van der Waals surface area contributed by atoms with Crippen molar-refractivity contribution in [3.8, 4) is 0 Å². The van der Waals surface area contributed by atoms with Crippen LogP contribution >= 0.6 is 0 Å². The van der Waals surface area contributed by atoms with E-state index in [2.05, 4.69) is 5.32 Å². The maximum atomic E-state index is 10.7. The molecule has 14 nitrogen and oxygen atoms in total. The molecule has 1 heterocycles.